The molecular formula is C18H24N2O3. The third kappa shape index (κ3) is 4.66. The summed E-state index contributed by atoms with van der Waals surface area (Å²) in [4.78, 5) is 25.5. The van der Waals surface area contributed by atoms with E-state index in [0.29, 0.717) is 12.1 Å². The average Bonchev–Trinajstić information content (AvgIpc) is 2.59. The van der Waals surface area contributed by atoms with Gasteiger partial charge < -0.3 is 15.3 Å². The molecule has 1 heterocycles. The number of carbonyl (C=O) groups excluding carboxylic acids is 2. The highest BCUT2D eigenvalue weighted by Gasteiger charge is 2.25. The van der Waals surface area contributed by atoms with Crippen molar-refractivity contribution in [2.45, 2.75) is 25.9 Å². The van der Waals surface area contributed by atoms with Crippen LogP contribution in [0.25, 0.3) is 6.08 Å². The Morgan fingerprint density at radius 2 is 2.04 bits per heavy atom. The predicted octanol–water partition coefficient (Wildman–Crippen LogP) is 1.68. The number of aliphatic hydroxyl groups is 1. The Hall–Kier alpha value is -2.14. The highest BCUT2D eigenvalue weighted by Crippen LogP contribution is 2.20. The predicted molar refractivity (Wildman–Crippen MR) is 89.9 cm³/mol. The van der Waals surface area contributed by atoms with Crippen LogP contribution in [-0.2, 0) is 4.79 Å². The zero-order valence-corrected chi connectivity index (χ0v) is 13.7. The largest absolute Gasteiger partial charge is 0.393 e. The first-order valence-electron chi connectivity index (χ1n) is 7.98. The average molecular weight is 316 g/mol. The van der Waals surface area contributed by atoms with Gasteiger partial charge in [-0.3, -0.25) is 9.59 Å². The van der Waals surface area contributed by atoms with Gasteiger partial charge in [0, 0.05) is 37.7 Å². The van der Waals surface area contributed by atoms with Gasteiger partial charge in [0.15, 0.2) is 0 Å². The van der Waals surface area contributed by atoms with Crippen LogP contribution in [0.2, 0.25) is 0 Å². The summed E-state index contributed by atoms with van der Waals surface area (Å²) in [6.07, 6.45) is 4.82. The highest BCUT2D eigenvalue weighted by atomic mass is 16.3. The number of hydrogen-bond acceptors (Lipinski definition) is 3. The van der Waals surface area contributed by atoms with Gasteiger partial charge >= 0.3 is 0 Å². The fourth-order valence-corrected chi connectivity index (χ4v) is 2.77. The molecule has 1 aliphatic rings. The molecule has 0 aromatic heterocycles. The fraction of sp³-hybridized carbons (Fsp3) is 0.444. The van der Waals surface area contributed by atoms with Crippen LogP contribution in [0.15, 0.2) is 30.3 Å². The number of amides is 2. The normalized spacial score (nSPS) is 19.6. The van der Waals surface area contributed by atoms with Crippen molar-refractivity contribution in [1.82, 2.24) is 10.2 Å². The molecule has 5 nitrogen and oxygen atoms in total. The summed E-state index contributed by atoms with van der Waals surface area (Å²) in [7, 11) is 1.59. The Balaban J connectivity index is 1.96. The Morgan fingerprint density at radius 1 is 1.35 bits per heavy atom. The van der Waals surface area contributed by atoms with E-state index < -0.39 is 0 Å². The number of benzene rings is 1. The molecule has 1 aliphatic heterocycles. The van der Waals surface area contributed by atoms with E-state index in [-0.39, 0.29) is 23.8 Å². The first-order valence-corrected chi connectivity index (χ1v) is 7.98. The van der Waals surface area contributed by atoms with E-state index in [1.807, 2.05) is 12.1 Å². The minimum absolute atomic E-state index is 0.0364. The van der Waals surface area contributed by atoms with Crippen molar-refractivity contribution in [2.24, 2.45) is 5.92 Å². The van der Waals surface area contributed by atoms with Crippen LogP contribution in [0, 0.1) is 5.92 Å². The Kier molecular flexibility index (Phi) is 5.93. The summed E-state index contributed by atoms with van der Waals surface area (Å²) in [6.45, 7) is 3.13. The lowest BCUT2D eigenvalue weighted by Crippen LogP contribution is -2.42. The van der Waals surface area contributed by atoms with Gasteiger partial charge in [-0.2, -0.15) is 0 Å². The summed E-state index contributed by atoms with van der Waals surface area (Å²) in [5.74, 6) is -0.00671. The standard InChI is InChI=1S/C18H24N2O3/c1-13(21)16-4-3-11-20(12-16)17(22)10-7-14-5-8-15(9-6-14)18(23)19-2/h5-10,13,16,21H,3-4,11-12H2,1-2H3,(H,19,23)/b10-7+. The molecule has 1 aromatic rings. The first-order chi connectivity index (χ1) is 11.0. The van der Waals surface area contributed by atoms with Gasteiger partial charge in [0.2, 0.25) is 5.91 Å². The summed E-state index contributed by atoms with van der Waals surface area (Å²) < 4.78 is 0. The van der Waals surface area contributed by atoms with Gasteiger partial charge in [-0.1, -0.05) is 12.1 Å². The molecular weight excluding hydrogens is 292 g/mol. The molecule has 2 atom stereocenters. The summed E-state index contributed by atoms with van der Waals surface area (Å²) >= 11 is 0. The van der Waals surface area contributed by atoms with E-state index in [1.54, 1.807) is 43.2 Å². The molecule has 2 rings (SSSR count). The van der Waals surface area contributed by atoms with Crippen molar-refractivity contribution in [1.29, 1.82) is 0 Å². The van der Waals surface area contributed by atoms with Crippen molar-refractivity contribution < 1.29 is 14.7 Å². The number of nitrogens with one attached hydrogen (secondary N) is 1. The second kappa shape index (κ2) is 7.92. The van der Waals surface area contributed by atoms with Crippen LogP contribution in [-0.4, -0.2) is 48.1 Å². The zero-order valence-electron chi connectivity index (χ0n) is 13.7. The van der Waals surface area contributed by atoms with E-state index >= 15 is 0 Å². The molecule has 2 amide bonds. The quantitative estimate of drug-likeness (QED) is 0.830. The topological polar surface area (TPSA) is 69.6 Å². The molecule has 1 saturated heterocycles. The monoisotopic (exact) mass is 316 g/mol. The maximum atomic E-state index is 12.3. The van der Waals surface area contributed by atoms with Crippen LogP contribution in [0.3, 0.4) is 0 Å². The van der Waals surface area contributed by atoms with Crippen LogP contribution in [0.1, 0.15) is 35.7 Å². The fourth-order valence-electron chi connectivity index (χ4n) is 2.77. The maximum Gasteiger partial charge on any atom is 0.251 e. The Bertz CT molecular complexity index is 578. The van der Waals surface area contributed by atoms with Crippen LogP contribution in [0.5, 0.6) is 0 Å². The van der Waals surface area contributed by atoms with Gasteiger partial charge in [-0.25, -0.2) is 0 Å². The molecule has 1 fully saturated rings. The summed E-state index contributed by atoms with van der Waals surface area (Å²) in [5, 5.41) is 12.3. The molecule has 0 bridgehead atoms. The Labute approximate surface area is 137 Å². The minimum atomic E-state index is -0.383. The molecule has 0 saturated carbocycles. The second-order valence-corrected chi connectivity index (χ2v) is 5.96. The van der Waals surface area contributed by atoms with Crippen LogP contribution >= 0.6 is 0 Å². The van der Waals surface area contributed by atoms with Crippen molar-refractivity contribution in [2.75, 3.05) is 20.1 Å². The van der Waals surface area contributed by atoms with Crippen molar-refractivity contribution >= 4 is 17.9 Å². The number of likely N-dealkylation sites (tertiary alicyclic amines) is 1. The van der Waals surface area contributed by atoms with Gasteiger partial charge in [-0.15, -0.1) is 0 Å². The van der Waals surface area contributed by atoms with Gasteiger partial charge in [0.1, 0.15) is 0 Å². The third-order valence-corrected chi connectivity index (χ3v) is 4.27. The van der Waals surface area contributed by atoms with E-state index in [0.717, 1.165) is 24.9 Å². The number of rotatable bonds is 4. The van der Waals surface area contributed by atoms with Crippen molar-refractivity contribution in [3.8, 4) is 0 Å². The van der Waals surface area contributed by atoms with Gasteiger partial charge in [0.25, 0.3) is 5.91 Å². The lowest BCUT2D eigenvalue weighted by Gasteiger charge is -2.33. The van der Waals surface area contributed by atoms with Gasteiger partial charge in [0.05, 0.1) is 6.10 Å². The summed E-state index contributed by atoms with van der Waals surface area (Å²) in [6, 6.07) is 7.08. The summed E-state index contributed by atoms with van der Waals surface area (Å²) in [5.41, 5.74) is 1.46. The molecule has 124 valence electrons. The Morgan fingerprint density at radius 3 is 2.65 bits per heavy atom. The van der Waals surface area contributed by atoms with Crippen LogP contribution in [0.4, 0.5) is 0 Å². The van der Waals surface area contributed by atoms with Gasteiger partial charge in [-0.05, 0) is 43.5 Å². The molecule has 0 aliphatic carbocycles. The molecule has 0 spiro atoms. The van der Waals surface area contributed by atoms with Crippen LogP contribution < -0.4 is 5.32 Å². The first kappa shape index (κ1) is 17.2. The molecule has 2 unspecified atom stereocenters. The number of carbonyl (C=O) groups is 2. The van der Waals surface area contributed by atoms with Crippen molar-refractivity contribution in [3.63, 3.8) is 0 Å². The SMILES string of the molecule is CNC(=O)c1ccc(/C=C/C(=O)N2CCCC(C(C)O)C2)cc1. The van der Waals surface area contributed by atoms with E-state index in [9.17, 15) is 14.7 Å². The molecule has 2 N–H and O–H groups in total. The highest BCUT2D eigenvalue weighted by molar-refractivity contribution is 5.94. The lowest BCUT2D eigenvalue weighted by atomic mass is 9.93. The van der Waals surface area contributed by atoms with E-state index in [1.165, 1.54) is 0 Å². The number of piperidine rings is 1. The molecule has 23 heavy (non-hydrogen) atoms. The lowest BCUT2D eigenvalue weighted by molar-refractivity contribution is -0.128. The maximum absolute atomic E-state index is 12.3. The molecule has 0 radical (unpaired) electrons. The molecule has 1 aromatic carbocycles. The number of nitrogens with zero attached hydrogens (tertiary/aromatic N) is 1. The second-order valence-electron chi connectivity index (χ2n) is 5.96. The van der Waals surface area contributed by atoms with E-state index in [4.69, 9.17) is 0 Å². The number of hydrogen-bond donors (Lipinski definition) is 2. The number of aliphatic hydroxyl groups excluding tert-OH is 1. The van der Waals surface area contributed by atoms with E-state index in [2.05, 4.69) is 5.32 Å². The van der Waals surface area contributed by atoms with Crippen molar-refractivity contribution in [3.05, 3.63) is 41.5 Å². The smallest absolute Gasteiger partial charge is 0.251 e. The minimum Gasteiger partial charge on any atom is -0.393 e. The molecule has 5 heteroatoms. The zero-order chi connectivity index (χ0) is 16.8. The third-order valence-electron chi connectivity index (χ3n) is 4.27.